The Kier molecular flexibility index (Phi) is 8.21. The molecule has 0 amide bonds. The number of ether oxygens (including phenoxy) is 3. The molecule has 0 aromatic heterocycles. The molecule has 102 valence electrons. The highest BCUT2D eigenvalue weighted by Crippen LogP contribution is 2.10. The lowest BCUT2D eigenvalue weighted by Crippen LogP contribution is -2.10. The zero-order valence-corrected chi connectivity index (χ0v) is 11.3. The standard InChI is InChI=1S/C14H23NO3/c1-16-8-4-9-18-10-7-15-14-6-3-5-13(11-14)12-17-2/h3,5-6,11,15H,4,7-10,12H2,1-2H3. The molecular weight excluding hydrogens is 230 g/mol. The van der Waals surface area contributed by atoms with Crippen LogP contribution in [-0.2, 0) is 20.8 Å². The Balaban J connectivity index is 2.13. The number of methoxy groups -OCH3 is 2. The van der Waals surface area contributed by atoms with Crippen molar-refractivity contribution in [3.63, 3.8) is 0 Å². The highest BCUT2D eigenvalue weighted by molar-refractivity contribution is 5.45. The summed E-state index contributed by atoms with van der Waals surface area (Å²) in [6, 6.07) is 8.21. The minimum absolute atomic E-state index is 0.642. The summed E-state index contributed by atoms with van der Waals surface area (Å²) in [7, 11) is 3.41. The van der Waals surface area contributed by atoms with E-state index in [4.69, 9.17) is 14.2 Å². The van der Waals surface area contributed by atoms with Gasteiger partial charge in [-0.2, -0.15) is 0 Å². The van der Waals surface area contributed by atoms with Crippen LogP contribution in [0.3, 0.4) is 0 Å². The Hall–Kier alpha value is -1.10. The number of rotatable bonds is 10. The van der Waals surface area contributed by atoms with Gasteiger partial charge in [0.15, 0.2) is 0 Å². The van der Waals surface area contributed by atoms with Gasteiger partial charge in [0.25, 0.3) is 0 Å². The van der Waals surface area contributed by atoms with E-state index in [9.17, 15) is 0 Å². The molecule has 18 heavy (non-hydrogen) atoms. The van der Waals surface area contributed by atoms with Crippen LogP contribution in [-0.4, -0.2) is 40.6 Å². The zero-order chi connectivity index (χ0) is 13.1. The van der Waals surface area contributed by atoms with Crippen LogP contribution >= 0.6 is 0 Å². The molecular formula is C14H23NO3. The van der Waals surface area contributed by atoms with Crippen LogP contribution in [0.25, 0.3) is 0 Å². The van der Waals surface area contributed by atoms with Gasteiger partial charge in [-0.1, -0.05) is 12.1 Å². The molecule has 0 heterocycles. The van der Waals surface area contributed by atoms with E-state index in [-0.39, 0.29) is 0 Å². The van der Waals surface area contributed by atoms with Gasteiger partial charge in [0.2, 0.25) is 0 Å². The molecule has 0 aliphatic carbocycles. The molecule has 0 radical (unpaired) electrons. The van der Waals surface area contributed by atoms with Gasteiger partial charge in [0, 0.05) is 39.7 Å². The van der Waals surface area contributed by atoms with Crippen molar-refractivity contribution >= 4 is 5.69 Å². The Labute approximate surface area is 109 Å². The van der Waals surface area contributed by atoms with Crippen molar-refractivity contribution < 1.29 is 14.2 Å². The summed E-state index contributed by atoms with van der Waals surface area (Å²) in [6.45, 7) is 3.66. The van der Waals surface area contributed by atoms with Gasteiger partial charge >= 0.3 is 0 Å². The summed E-state index contributed by atoms with van der Waals surface area (Å²) in [5, 5.41) is 3.32. The summed E-state index contributed by atoms with van der Waals surface area (Å²) >= 11 is 0. The van der Waals surface area contributed by atoms with Crippen LogP contribution < -0.4 is 5.32 Å². The summed E-state index contributed by atoms with van der Waals surface area (Å²) in [5.74, 6) is 0. The van der Waals surface area contributed by atoms with Gasteiger partial charge in [-0.05, 0) is 24.1 Å². The number of nitrogens with one attached hydrogen (secondary N) is 1. The van der Waals surface area contributed by atoms with Crippen LogP contribution in [0.1, 0.15) is 12.0 Å². The molecule has 0 spiro atoms. The second-order valence-corrected chi connectivity index (χ2v) is 4.02. The average molecular weight is 253 g/mol. The number of benzene rings is 1. The van der Waals surface area contributed by atoms with Gasteiger partial charge in [-0.25, -0.2) is 0 Å². The van der Waals surface area contributed by atoms with E-state index < -0.39 is 0 Å². The van der Waals surface area contributed by atoms with Crippen molar-refractivity contribution in [3.8, 4) is 0 Å². The molecule has 0 unspecified atom stereocenters. The zero-order valence-electron chi connectivity index (χ0n) is 11.3. The third-order valence-electron chi connectivity index (χ3n) is 2.45. The van der Waals surface area contributed by atoms with E-state index in [2.05, 4.69) is 17.4 Å². The van der Waals surface area contributed by atoms with Crippen molar-refractivity contribution in [3.05, 3.63) is 29.8 Å². The van der Waals surface area contributed by atoms with E-state index in [0.717, 1.165) is 31.9 Å². The van der Waals surface area contributed by atoms with Gasteiger partial charge in [0.1, 0.15) is 0 Å². The monoisotopic (exact) mass is 253 g/mol. The first-order valence-electron chi connectivity index (χ1n) is 6.25. The highest BCUT2D eigenvalue weighted by atomic mass is 16.5. The Morgan fingerprint density at radius 3 is 2.72 bits per heavy atom. The number of hydrogen-bond donors (Lipinski definition) is 1. The molecule has 0 fully saturated rings. The minimum Gasteiger partial charge on any atom is -0.385 e. The number of hydrogen-bond acceptors (Lipinski definition) is 4. The SMILES string of the molecule is COCCCOCCNc1cccc(COC)c1. The summed E-state index contributed by atoms with van der Waals surface area (Å²) in [5.41, 5.74) is 2.27. The lowest BCUT2D eigenvalue weighted by atomic mass is 10.2. The fourth-order valence-electron chi connectivity index (χ4n) is 1.61. The van der Waals surface area contributed by atoms with E-state index in [0.29, 0.717) is 13.2 Å². The van der Waals surface area contributed by atoms with Crippen molar-refractivity contribution in [2.75, 3.05) is 45.9 Å². The largest absolute Gasteiger partial charge is 0.385 e. The quantitative estimate of drug-likeness (QED) is 0.649. The average Bonchev–Trinajstić information content (AvgIpc) is 2.39. The maximum Gasteiger partial charge on any atom is 0.0713 e. The topological polar surface area (TPSA) is 39.7 Å². The molecule has 0 bridgehead atoms. The molecule has 1 aromatic rings. The number of anilines is 1. The summed E-state index contributed by atoms with van der Waals surface area (Å²) < 4.78 is 15.5. The highest BCUT2D eigenvalue weighted by Gasteiger charge is 1.95. The fraction of sp³-hybridized carbons (Fsp3) is 0.571. The van der Waals surface area contributed by atoms with Crippen LogP contribution in [0.4, 0.5) is 5.69 Å². The normalized spacial score (nSPS) is 10.6. The third kappa shape index (κ3) is 6.59. The van der Waals surface area contributed by atoms with E-state index in [1.807, 2.05) is 12.1 Å². The van der Waals surface area contributed by atoms with Crippen molar-refractivity contribution in [2.24, 2.45) is 0 Å². The van der Waals surface area contributed by atoms with Crippen molar-refractivity contribution in [1.82, 2.24) is 0 Å². The molecule has 1 N–H and O–H groups in total. The fourth-order valence-corrected chi connectivity index (χ4v) is 1.61. The summed E-state index contributed by atoms with van der Waals surface area (Å²) in [6.07, 6.45) is 0.944. The second kappa shape index (κ2) is 9.88. The maximum absolute atomic E-state index is 5.47. The van der Waals surface area contributed by atoms with Gasteiger partial charge in [-0.15, -0.1) is 0 Å². The van der Waals surface area contributed by atoms with Crippen LogP contribution in [0.2, 0.25) is 0 Å². The molecule has 4 heteroatoms. The van der Waals surface area contributed by atoms with Crippen LogP contribution in [0.5, 0.6) is 0 Å². The Bertz CT molecular complexity index is 318. The molecule has 1 aromatic carbocycles. The first-order chi connectivity index (χ1) is 8.86. The third-order valence-corrected chi connectivity index (χ3v) is 2.45. The van der Waals surface area contributed by atoms with E-state index in [1.165, 1.54) is 5.56 Å². The summed E-state index contributed by atoms with van der Waals surface area (Å²) in [4.78, 5) is 0. The molecule has 0 saturated carbocycles. The first-order valence-corrected chi connectivity index (χ1v) is 6.25. The van der Waals surface area contributed by atoms with Crippen molar-refractivity contribution in [1.29, 1.82) is 0 Å². The van der Waals surface area contributed by atoms with E-state index >= 15 is 0 Å². The van der Waals surface area contributed by atoms with Gasteiger partial charge < -0.3 is 19.5 Å². The first kappa shape index (κ1) is 15.0. The second-order valence-electron chi connectivity index (χ2n) is 4.02. The lowest BCUT2D eigenvalue weighted by Gasteiger charge is -2.08. The Morgan fingerprint density at radius 2 is 1.94 bits per heavy atom. The predicted octanol–water partition coefficient (Wildman–Crippen LogP) is 2.30. The Morgan fingerprint density at radius 1 is 1.06 bits per heavy atom. The molecule has 4 nitrogen and oxygen atoms in total. The van der Waals surface area contributed by atoms with Crippen LogP contribution in [0.15, 0.2) is 24.3 Å². The van der Waals surface area contributed by atoms with Crippen LogP contribution in [0, 0.1) is 0 Å². The minimum atomic E-state index is 0.642. The predicted molar refractivity (Wildman–Crippen MR) is 73.0 cm³/mol. The molecule has 0 aliphatic heterocycles. The van der Waals surface area contributed by atoms with E-state index in [1.54, 1.807) is 14.2 Å². The molecule has 0 aliphatic rings. The smallest absolute Gasteiger partial charge is 0.0713 e. The molecule has 1 rings (SSSR count). The van der Waals surface area contributed by atoms with Crippen molar-refractivity contribution in [2.45, 2.75) is 13.0 Å². The molecule has 0 saturated heterocycles. The maximum atomic E-state index is 5.47. The molecule has 0 atom stereocenters. The van der Waals surface area contributed by atoms with Gasteiger partial charge in [0.05, 0.1) is 13.2 Å². The lowest BCUT2D eigenvalue weighted by molar-refractivity contribution is 0.109. The van der Waals surface area contributed by atoms with Gasteiger partial charge in [-0.3, -0.25) is 0 Å².